The van der Waals surface area contributed by atoms with Gasteiger partial charge in [0.15, 0.2) is 11.5 Å². The molecular formula is C14H17N3O. The number of fused-ring (bicyclic) bond motifs is 1. The monoisotopic (exact) mass is 243 g/mol. The van der Waals surface area contributed by atoms with Gasteiger partial charge in [0.05, 0.1) is 0 Å². The average molecular weight is 243 g/mol. The van der Waals surface area contributed by atoms with Crippen LogP contribution in [0.5, 0.6) is 0 Å². The Morgan fingerprint density at radius 2 is 2.06 bits per heavy atom. The zero-order valence-electron chi connectivity index (χ0n) is 10.4. The van der Waals surface area contributed by atoms with Crippen LogP contribution >= 0.6 is 0 Å². The summed E-state index contributed by atoms with van der Waals surface area (Å²) in [5.41, 5.74) is 3.20. The second-order valence-corrected chi connectivity index (χ2v) is 5.22. The van der Waals surface area contributed by atoms with Gasteiger partial charge in [-0.1, -0.05) is 0 Å². The Balaban J connectivity index is 1.69. The Labute approximate surface area is 106 Å². The minimum atomic E-state index is 0.583. The fraction of sp³-hybridized carbons (Fsp3) is 0.500. The molecule has 0 bridgehead atoms. The molecule has 2 aromatic rings. The third-order valence-electron chi connectivity index (χ3n) is 3.80. The van der Waals surface area contributed by atoms with Crippen LogP contribution in [-0.2, 0) is 0 Å². The largest absolute Gasteiger partial charge is 0.440 e. The summed E-state index contributed by atoms with van der Waals surface area (Å²) in [5.74, 6) is 1.52. The Bertz CT molecular complexity index is 567. The third-order valence-corrected chi connectivity index (χ3v) is 3.80. The quantitative estimate of drug-likeness (QED) is 0.877. The van der Waals surface area contributed by atoms with Gasteiger partial charge in [-0.3, -0.25) is 0 Å². The molecule has 18 heavy (non-hydrogen) atoms. The van der Waals surface area contributed by atoms with E-state index in [1.54, 1.807) is 0 Å². The number of rotatable bonds is 2. The van der Waals surface area contributed by atoms with E-state index in [1.807, 2.05) is 0 Å². The number of oxazole rings is 1. The van der Waals surface area contributed by atoms with Gasteiger partial charge in [0.1, 0.15) is 5.52 Å². The van der Waals surface area contributed by atoms with Crippen molar-refractivity contribution in [3.8, 4) is 0 Å². The highest BCUT2D eigenvalue weighted by Crippen LogP contribution is 2.40. The Morgan fingerprint density at radius 3 is 2.83 bits per heavy atom. The van der Waals surface area contributed by atoms with Crippen molar-refractivity contribution in [1.29, 1.82) is 0 Å². The summed E-state index contributed by atoms with van der Waals surface area (Å²) in [7, 11) is 0. The van der Waals surface area contributed by atoms with Gasteiger partial charge in [-0.2, -0.15) is 0 Å². The van der Waals surface area contributed by atoms with Crippen LogP contribution in [0.15, 0.2) is 22.6 Å². The van der Waals surface area contributed by atoms with Crippen LogP contribution in [0.25, 0.3) is 11.1 Å². The van der Waals surface area contributed by atoms with E-state index in [1.165, 1.54) is 18.5 Å². The topological polar surface area (TPSA) is 41.3 Å². The highest BCUT2D eigenvalue weighted by molar-refractivity contribution is 5.77. The van der Waals surface area contributed by atoms with Crippen LogP contribution in [0, 0.1) is 0 Å². The molecule has 1 N–H and O–H groups in total. The Kier molecular flexibility index (Phi) is 2.30. The average Bonchev–Trinajstić information content (AvgIpc) is 3.19. The maximum atomic E-state index is 5.79. The van der Waals surface area contributed by atoms with Gasteiger partial charge >= 0.3 is 0 Å². The lowest BCUT2D eigenvalue weighted by Crippen LogP contribution is -2.43. The van der Waals surface area contributed by atoms with Crippen molar-refractivity contribution in [2.75, 3.05) is 31.1 Å². The van der Waals surface area contributed by atoms with Gasteiger partial charge in [-0.25, -0.2) is 4.98 Å². The van der Waals surface area contributed by atoms with Crippen molar-refractivity contribution >= 4 is 16.8 Å². The number of nitrogens with zero attached hydrogens (tertiary/aromatic N) is 2. The summed E-state index contributed by atoms with van der Waals surface area (Å²) < 4.78 is 5.79. The molecule has 1 saturated carbocycles. The van der Waals surface area contributed by atoms with E-state index in [0.717, 1.165) is 43.2 Å². The van der Waals surface area contributed by atoms with Crippen LogP contribution in [0.4, 0.5) is 5.69 Å². The highest BCUT2D eigenvalue weighted by atomic mass is 16.3. The minimum absolute atomic E-state index is 0.583. The fourth-order valence-electron chi connectivity index (χ4n) is 2.56. The smallest absolute Gasteiger partial charge is 0.198 e. The molecule has 4 heteroatoms. The van der Waals surface area contributed by atoms with Crippen molar-refractivity contribution < 1.29 is 4.42 Å². The third kappa shape index (κ3) is 1.77. The molecule has 2 heterocycles. The molecule has 1 aromatic heterocycles. The molecule has 94 valence electrons. The molecule has 2 aliphatic rings. The van der Waals surface area contributed by atoms with E-state index in [0.29, 0.717) is 5.92 Å². The van der Waals surface area contributed by atoms with Crippen molar-refractivity contribution in [2.45, 2.75) is 18.8 Å². The number of hydrogen-bond donors (Lipinski definition) is 1. The van der Waals surface area contributed by atoms with E-state index < -0.39 is 0 Å². The second kappa shape index (κ2) is 3.99. The standard InChI is InChI=1S/C14H17N3O/c1-2-10(1)14-16-12-9-11(3-4-13(12)18-14)17-7-5-15-6-8-17/h3-4,9-10,15H,1-2,5-8H2. The minimum Gasteiger partial charge on any atom is -0.440 e. The first kappa shape index (κ1) is 10.4. The second-order valence-electron chi connectivity index (χ2n) is 5.22. The molecular weight excluding hydrogens is 226 g/mol. The van der Waals surface area contributed by atoms with Crippen LogP contribution in [0.3, 0.4) is 0 Å². The number of piperazine rings is 1. The molecule has 1 saturated heterocycles. The maximum absolute atomic E-state index is 5.79. The lowest BCUT2D eigenvalue weighted by molar-refractivity contribution is 0.533. The molecule has 2 fully saturated rings. The Hall–Kier alpha value is -1.55. The van der Waals surface area contributed by atoms with E-state index in [-0.39, 0.29) is 0 Å². The lowest BCUT2D eigenvalue weighted by Gasteiger charge is -2.29. The van der Waals surface area contributed by atoms with Gasteiger partial charge in [0.25, 0.3) is 0 Å². The van der Waals surface area contributed by atoms with Crippen molar-refractivity contribution in [3.63, 3.8) is 0 Å². The van der Waals surface area contributed by atoms with Crippen molar-refractivity contribution in [1.82, 2.24) is 10.3 Å². The zero-order valence-corrected chi connectivity index (χ0v) is 10.4. The molecule has 1 aliphatic heterocycles. The molecule has 0 amide bonds. The number of hydrogen-bond acceptors (Lipinski definition) is 4. The van der Waals surface area contributed by atoms with E-state index in [2.05, 4.69) is 33.4 Å². The van der Waals surface area contributed by atoms with Crippen molar-refractivity contribution in [3.05, 3.63) is 24.1 Å². The summed E-state index contributed by atoms with van der Waals surface area (Å²) in [5, 5.41) is 3.37. The molecule has 0 unspecified atom stereocenters. The molecule has 4 nitrogen and oxygen atoms in total. The number of aromatic nitrogens is 1. The summed E-state index contributed by atoms with van der Waals surface area (Å²) >= 11 is 0. The van der Waals surface area contributed by atoms with E-state index in [9.17, 15) is 0 Å². The van der Waals surface area contributed by atoms with Crippen LogP contribution < -0.4 is 10.2 Å². The number of nitrogens with one attached hydrogen (secondary N) is 1. The first-order chi connectivity index (χ1) is 8.90. The van der Waals surface area contributed by atoms with E-state index >= 15 is 0 Å². The highest BCUT2D eigenvalue weighted by Gasteiger charge is 2.29. The molecule has 4 rings (SSSR count). The van der Waals surface area contributed by atoms with E-state index in [4.69, 9.17) is 4.42 Å². The lowest BCUT2D eigenvalue weighted by atomic mass is 10.2. The molecule has 0 atom stereocenters. The van der Waals surface area contributed by atoms with Gasteiger partial charge in [0.2, 0.25) is 0 Å². The number of benzene rings is 1. The number of anilines is 1. The Morgan fingerprint density at radius 1 is 1.22 bits per heavy atom. The first-order valence-corrected chi connectivity index (χ1v) is 6.76. The molecule has 0 spiro atoms. The fourth-order valence-corrected chi connectivity index (χ4v) is 2.56. The summed E-state index contributed by atoms with van der Waals surface area (Å²) in [6.07, 6.45) is 2.47. The molecule has 1 aromatic carbocycles. The van der Waals surface area contributed by atoms with Crippen LogP contribution in [-0.4, -0.2) is 31.2 Å². The summed E-state index contributed by atoms with van der Waals surface area (Å²) in [6.45, 7) is 4.26. The zero-order chi connectivity index (χ0) is 11.9. The van der Waals surface area contributed by atoms with Crippen molar-refractivity contribution in [2.24, 2.45) is 0 Å². The maximum Gasteiger partial charge on any atom is 0.198 e. The van der Waals surface area contributed by atoms with Gasteiger partial charge < -0.3 is 14.6 Å². The van der Waals surface area contributed by atoms with Crippen LogP contribution in [0.1, 0.15) is 24.7 Å². The first-order valence-electron chi connectivity index (χ1n) is 6.76. The SMILES string of the molecule is c1cc2oc(C3CC3)nc2cc1N1CCNCC1. The summed E-state index contributed by atoms with van der Waals surface area (Å²) in [6, 6.07) is 6.37. The molecule has 1 aliphatic carbocycles. The normalized spacial score (nSPS) is 20.6. The van der Waals surface area contributed by atoms with Gasteiger partial charge in [-0.15, -0.1) is 0 Å². The predicted octanol–water partition coefficient (Wildman–Crippen LogP) is 2.11. The van der Waals surface area contributed by atoms with Gasteiger partial charge in [-0.05, 0) is 31.0 Å². The predicted molar refractivity (Wildman–Crippen MR) is 71.1 cm³/mol. The van der Waals surface area contributed by atoms with Gasteiger partial charge in [0, 0.05) is 37.8 Å². The summed E-state index contributed by atoms with van der Waals surface area (Å²) in [4.78, 5) is 7.03. The van der Waals surface area contributed by atoms with Crippen LogP contribution in [0.2, 0.25) is 0 Å². The molecule has 0 radical (unpaired) electrons.